The van der Waals surface area contributed by atoms with Gasteiger partial charge in [-0.1, -0.05) is 60.7 Å². The van der Waals surface area contributed by atoms with Crippen LogP contribution in [0.5, 0.6) is 23.0 Å². The van der Waals surface area contributed by atoms with Crippen molar-refractivity contribution in [2.75, 3.05) is 72.7 Å². The molecule has 8 bridgehead atoms. The quantitative estimate of drug-likeness (QED) is 0.125. The Morgan fingerprint density at radius 2 is 1.34 bits per heavy atom. The van der Waals surface area contributed by atoms with Gasteiger partial charge in [-0.25, -0.2) is 0 Å². The molecule has 0 spiro atoms. The van der Waals surface area contributed by atoms with Crippen LogP contribution in [-0.2, 0) is 35.0 Å². The molecule has 408 valence electrons. The second-order valence-electron chi connectivity index (χ2n) is 26.4. The van der Waals surface area contributed by atoms with E-state index in [2.05, 4.69) is 105 Å². The van der Waals surface area contributed by atoms with Crippen molar-refractivity contribution in [3.63, 3.8) is 0 Å². The molecule has 4 aromatic carbocycles. The van der Waals surface area contributed by atoms with E-state index in [9.17, 15) is 5.11 Å². The van der Waals surface area contributed by atoms with Gasteiger partial charge in [-0.05, 0) is 221 Å². The van der Waals surface area contributed by atoms with E-state index in [4.69, 9.17) is 25.7 Å². The van der Waals surface area contributed by atoms with Crippen LogP contribution in [0.4, 0.5) is 0 Å². The summed E-state index contributed by atoms with van der Waals surface area (Å²) in [5.41, 5.74) is 18.7. The van der Waals surface area contributed by atoms with Crippen LogP contribution in [0.15, 0.2) is 91.0 Å². The SMILES string of the molecule is C1CCOC1.COc1ccc2c(c1Oc1ccccc1)C13CCN(CC4CC4)C(C2)C12CCC1C3C(CN1Cc1ccccc1)C2.NCCN.Oc1ccc2c(c1)C13CCN(CC4CC4)C(C2)C12CCC1NCC(C2)C13.[H-].[Li+]. The summed E-state index contributed by atoms with van der Waals surface area (Å²) < 4.78 is 18.0. The van der Waals surface area contributed by atoms with E-state index in [-0.39, 0.29) is 25.7 Å². The number of piperidine rings is 2. The molecule has 17 rings (SSSR count). The van der Waals surface area contributed by atoms with Crippen LogP contribution in [0.25, 0.3) is 0 Å². The molecule has 10 nitrogen and oxygen atoms in total. The minimum Gasteiger partial charge on any atom is -1.00 e. The van der Waals surface area contributed by atoms with Crippen molar-refractivity contribution >= 4 is 0 Å². The van der Waals surface area contributed by atoms with E-state index in [1.54, 1.807) is 11.1 Å². The van der Waals surface area contributed by atoms with Gasteiger partial charge >= 0.3 is 18.9 Å². The predicted octanol–water partition coefficient (Wildman–Crippen LogP) is 6.94. The average molecular weight is 1040 g/mol. The number of ether oxygens (including phenoxy) is 3. The van der Waals surface area contributed by atoms with E-state index in [0.717, 1.165) is 85.1 Å². The minimum absolute atomic E-state index is 0. The summed E-state index contributed by atoms with van der Waals surface area (Å²) in [4.78, 5) is 8.78. The van der Waals surface area contributed by atoms with Gasteiger partial charge in [-0.3, -0.25) is 14.7 Å². The Bertz CT molecular complexity index is 2720. The van der Waals surface area contributed by atoms with Gasteiger partial charge in [0.2, 0.25) is 0 Å². The largest absolute Gasteiger partial charge is 1.00 e. The van der Waals surface area contributed by atoms with E-state index < -0.39 is 0 Å². The standard InChI is InChI=1S/C37H42N2O2.C23H30N2O.C4H8O.C2H8N2.Li.H/c1-40-31-15-14-27-20-32-36-17-16-30-33(28(21-36)24-39(30)23-25-8-4-2-5-9-25)37(36,18-19-38(32)22-26-12-13-26)34(27)35(31)41-29-10-6-3-7-11-29;26-17-4-3-15-9-20-22-6-5-19-21(16(11-22)12-24-19)23(22,18(15)10-17)7-8-25(20)13-14-1-2-14;1-2-4-5-3-1;3-1-2-4;;/h2-11,14-15,26,28,30,32-33H,12-13,16-24H2,1H3;3-4,10,14,16,19-21,24,26H,1-2,5-9,11-13H2;1-4H2;1-4H2;;/q;;;;+1;-1. The molecule has 5 saturated heterocycles. The first-order valence-corrected chi connectivity index (χ1v) is 30.6. The number of nitrogens with zero attached hydrogens (tertiary/aromatic N) is 3. The maximum atomic E-state index is 10.4. The summed E-state index contributed by atoms with van der Waals surface area (Å²) >= 11 is 0. The Morgan fingerprint density at radius 3 is 2.00 bits per heavy atom. The molecule has 6 N–H and O–H groups in total. The number of para-hydroxylation sites is 1. The molecule has 13 aliphatic rings. The van der Waals surface area contributed by atoms with Gasteiger partial charge in [0.25, 0.3) is 0 Å². The number of methoxy groups -OCH3 is 1. The number of hydrogen-bond acceptors (Lipinski definition) is 10. The predicted molar refractivity (Wildman–Crippen MR) is 302 cm³/mol. The van der Waals surface area contributed by atoms with Gasteiger partial charge in [0, 0.05) is 93.0 Å². The molecule has 0 amide bonds. The zero-order chi connectivity index (χ0) is 51.2. The molecular weight excluding hydrogens is 948 g/mol. The van der Waals surface area contributed by atoms with E-state index in [1.807, 2.05) is 13.2 Å². The fourth-order valence-electron chi connectivity index (χ4n) is 20.3. The molecule has 77 heavy (non-hydrogen) atoms. The van der Waals surface area contributed by atoms with Crippen LogP contribution < -0.4 is 45.1 Å². The topological polar surface area (TPSA) is 122 Å². The van der Waals surface area contributed by atoms with E-state index in [1.165, 1.54) is 152 Å². The molecule has 12 unspecified atom stereocenters. The summed E-state index contributed by atoms with van der Waals surface area (Å²) in [7, 11) is 1.82. The van der Waals surface area contributed by atoms with Crippen LogP contribution in [0.2, 0.25) is 0 Å². The Kier molecular flexibility index (Phi) is 14.6. The van der Waals surface area contributed by atoms with Crippen molar-refractivity contribution < 1.29 is 39.6 Å². The smallest absolute Gasteiger partial charge is 1.00 e. The molecule has 11 fully saturated rings. The molecule has 5 aliphatic heterocycles. The molecule has 5 heterocycles. The van der Waals surface area contributed by atoms with Gasteiger partial charge in [0.1, 0.15) is 11.5 Å². The van der Waals surface area contributed by atoms with Crippen LogP contribution in [0.3, 0.4) is 0 Å². The summed E-state index contributed by atoms with van der Waals surface area (Å²) in [5.74, 6) is 8.35. The van der Waals surface area contributed by atoms with Crippen molar-refractivity contribution in [1.82, 2.24) is 20.0 Å². The molecule has 0 aromatic heterocycles. The van der Waals surface area contributed by atoms with Crippen LogP contribution in [0, 0.1) is 46.3 Å². The molecule has 12 atom stereocenters. The van der Waals surface area contributed by atoms with Gasteiger partial charge in [-0.15, -0.1) is 0 Å². The number of aromatic hydroxyl groups is 1. The van der Waals surface area contributed by atoms with Crippen molar-refractivity contribution in [3.8, 4) is 23.0 Å². The second-order valence-corrected chi connectivity index (χ2v) is 26.4. The Balaban J connectivity index is 0.000000140. The van der Waals surface area contributed by atoms with Crippen molar-refractivity contribution in [3.05, 3.63) is 119 Å². The fourth-order valence-corrected chi connectivity index (χ4v) is 20.3. The number of phenolic OH excluding ortho intramolecular Hbond substituents is 1. The number of hydrogen-bond donors (Lipinski definition) is 4. The number of likely N-dealkylation sites (tertiary alicyclic amines) is 3. The first-order chi connectivity index (χ1) is 37.3. The monoisotopic (exact) mass is 1040 g/mol. The van der Waals surface area contributed by atoms with E-state index in [0.29, 0.717) is 53.1 Å². The third-order valence-electron chi connectivity index (χ3n) is 23.0. The van der Waals surface area contributed by atoms with Crippen molar-refractivity contribution in [2.24, 2.45) is 57.8 Å². The Morgan fingerprint density at radius 1 is 0.701 bits per heavy atom. The summed E-state index contributed by atoms with van der Waals surface area (Å²) in [5, 5.41) is 14.3. The van der Waals surface area contributed by atoms with Crippen LogP contribution in [-0.4, -0.2) is 117 Å². The van der Waals surface area contributed by atoms with Gasteiger partial charge in [0.05, 0.1) is 7.11 Å². The van der Waals surface area contributed by atoms with Gasteiger partial charge in [0.15, 0.2) is 11.5 Å². The normalized spacial score (nSPS) is 37.0. The minimum atomic E-state index is 0. The summed E-state index contributed by atoms with van der Waals surface area (Å²) in [6, 6.07) is 35.4. The first-order valence-electron chi connectivity index (χ1n) is 30.6. The number of nitrogens with two attached hydrogens (primary N) is 2. The number of phenols is 1. The third-order valence-corrected chi connectivity index (χ3v) is 23.0. The Hall–Kier alpha value is -3.40. The molecule has 8 aliphatic carbocycles. The number of fused-ring (bicyclic) bond motifs is 2. The number of rotatable bonds is 10. The first kappa shape index (κ1) is 52.9. The molecule has 4 aromatic rings. The zero-order valence-corrected chi connectivity index (χ0v) is 46.7. The maximum Gasteiger partial charge on any atom is 1.00 e. The zero-order valence-electron chi connectivity index (χ0n) is 47.7. The maximum absolute atomic E-state index is 10.4. The number of benzene rings is 4. The fraction of sp³-hybridized carbons (Fsp3) is 0.636. The second kappa shape index (κ2) is 21.2. The van der Waals surface area contributed by atoms with Crippen LogP contribution in [0.1, 0.15) is 119 Å². The molecule has 11 heteroatoms. The van der Waals surface area contributed by atoms with Crippen molar-refractivity contribution in [1.29, 1.82) is 0 Å². The van der Waals surface area contributed by atoms with Gasteiger partial charge < -0.3 is 37.5 Å². The van der Waals surface area contributed by atoms with Crippen LogP contribution >= 0.6 is 0 Å². The third kappa shape index (κ3) is 8.56. The van der Waals surface area contributed by atoms with E-state index >= 15 is 0 Å². The number of nitrogens with one attached hydrogen (secondary N) is 1. The molecular formula is C66H89LiN6O4. The van der Waals surface area contributed by atoms with Gasteiger partial charge in [-0.2, -0.15) is 0 Å². The van der Waals surface area contributed by atoms with Crippen molar-refractivity contribution in [2.45, 2.75) is 144 Å². The average Bonchev–Trinajstić information content (AvgIpc) is 2.53. The summed E-state index contributed by atoms with van der Waals surface area (Å²) in [6.07, 6.45) is 21.6. The molecule has 6 saturated carbocycles. The summed E-state index contributed by atoms with van der Waals surface area (Å²) in [6.45, 7) is 12.0. The Labute approximate surface area is 473 Å². The molecule has 0 radical (unpaired) electrons.